The number of amides is 2. The van der Waals surface area contributed by atoms with E-state index in [1.165, 1.54) is 0 Å². The summed E-state index contributed by atoms with van der Waals surface area (Å²) in [6.45, 7) is 1.34. The molecule has 0 spiro atoms. The number of anilines is 1. The predicted octanol–water partition coefficient (Wildman–Crippen LogP) is 0.671. The molecule has 2 aliphatic rings. The predicted molar refractivity (Wildman–Crippen MR) is 107 cm³/mol. The summed E-state index contributed by atoms with van der Waals surface area (Å²) in [5, 5.41) is 5.66. The van der Waals surface area contributed by atoms with Crippen LogP contribution < -0.4 is 15.5 Å². The SMILES string of the molecule is CS(=O)(=O)C1(C(=O)NCC(=O)N2CCCc3ccccc32)CCNCC1.Cl. The maximum absolute atomic E-state index is 12.7. The first-order valence-corrected chi connectivity index (χ1v) is 10.8. The third-order valence-electron chi connectivity index (χ3n) is 5.35. The van der Waals surface area contributed by atoms with Gasteiger partial charge < -0.3 is 15.5 Å². The second-order valence-electron chi connectivity index (χ2n) is 6.98. The third-order valence-corrected chi connectivity index (χ3v) is 7.36. The van der Waals surface area contributed by atoms with Gasteiger partial charge >= 0.3 is 0 Å². The average Bonchev–Trinajstić information content (AvgIpc) is 2.65. The van der Waals surface area contributed by atoms with Gasteiger partial charge in [0, 0.05) is 18.5 Å². The van der Waals surface area contributed by atoms with E-state index in [-0.39, 0.29) is 37.7 Å². The Balaban J connectivity index is 0.00000261. The van der Waals surface area contributed by atoms with Crippen LogP contribution in [0.4, 0.5) is 5.69 Å². The molecule has 2 aliphatic heterocycles. The van der Waals surface area contributed by atoms with Gasteiger partial charge in [-0.25, -0.2) is 8.42 Å². The van der Waals surface area contributed by atoms with E-state index in [0.717, 1.165) is 30.3 Å². The number of nitrogens with zero attached hydrogens (tertiary/aromatic N) is 1. The fourth-order valence-electron chi connectivity index (χ4n) is 3.80. The van der Waals surface area contributed by atoms with Crippen molar-refractivity contribution in [1.82, 2.24) is 10.6 Å². The van der Waals surface area contributed by atoms with Crippen LogP contribution in [0.2, 0.25) is 0 Å². The molecule has 0 aromatic heterocycles. The Morgan fingerprint density at radius 2 is 1.89 bits per heavy atom. The summed E-state index contributed by atoms with van der Waals surface area (Å²) in [6, 6.07) is 7.73. The minimum Gasteiger partial charge on any atom is -0.346 e. The normalized spacial score (nSPS) is 18.8. The van der Waals surface area contributed by atoms with Crippen molar-refractivity contribution in [2.75, 3.05) is 37.3 Å². The number of sulfone groups is 1. The molecule has 0 bridgehead atoms. The first kappa shape index (κ1) is 21.7. The topological polar surface area (TPSA) is 95.6 Å². The lowest BCUT2D eigenvalue weighted by Crippen LogP contribution is -2.58. The number of carbonyl (C=O) groups excluding carboxylic acids is 2. The zero-order valence-electron chi connectivity index (χ0n) is 15.4. The van der Waals surface area contributed by atoms with Crippen molar-refractivity contribution >= 4 is 39.7 Å². The number of hydrogen-bond donors (Lipinski definition) is 2. The number of fused-ring (bicyclic) bond motifs is 1. The summed E-state index contributed by atoms with van der Waals surface area (Å²) in [7, 11) is -3.59. The Morgan fingerprint density at radius 1 is 1.22 bits per heavy atom. The van der Waals surface area contributed by atoms with E-state index < -0.39 is 20.5 Å². The van der Waals surface area contributed by atoms with Gasteiger partial charge in [-0.05, 0) is 50.4 Å². The summed E-state index contributed by atoms with van der Waals surface area (Å²) >= 11 is 0. The highest BCUT2D eigenvalue weighted by molar-refractivity contribution is 7.92. The number of rotatable bonds is 4. The maximum atomic E-state index is 12.7. The number of hydrogen-bond acceptors (Lipinski definition) is 5. The van der Waals surface area contributed by atoms with Crippen LogP contribution in [0.15, 0.2) is 24.3 Å². The van der Waals surface area contributed by atoms with Gasteiger partial charge in [0.1, 0.15) is 0 Å². The minimum atomic E-state index is -3.59. The van der Waals surface area contributed by atoms with Gasteiger partial charge in [-0.3, -0.25) is 9.59 Å². The largest absolute Gasteiger partial charge is 0.346 e. The van der Waals surface area contributed by atoms with Crippen LogP contribution in [0.25, 0.3) is 0 Å². The van der Waals surface area contributed by atoms with Crippen molar-refractivity contribution in [1.29, 1.82) is 0 Å². The molecule has 0 unspecified atom stereocenters. The lowest BCUT2D eigenvalue weighted by Gasteiger charge is -2.35. The Bertz CT molecular complexity index is 807. The molecule has 1 fully saturated rings. The van der Waals surface area contributed by atoms with Crippen LogP contribution in [0.3, 0.4) is 0 Å². The number of piperidine rings is 1. The summed E-state index contributed by atoms with van der Waals surface area (Å²) < 4.78 is 23.1. The summed E-state index contributed by atoms with van der Waals surface area (Å²) in [6.07, 6.45) is 3.34. The molecule has 150 valence electrons. The summed E-state index contributed by atoms with van der Waals surface area (Å²) in [5.74, 6) is -0.789. The van der Waals surface area contributed by atoms with Crippen molar-refractivity contribution in [3.63, 3.8) is 0 Å². The lowest BCUT2D eigenvalue weighted by molar-refractivity contribution is -0.127. The molecule has 1 aromatic rings. The van der Waals surface area contributed by atoms with Gasteiger partial charge in [0.2, 0.25) is 11.8 Å². The fourth-order valence-corrected chi connectivity index (χ4v) is 5.16. The molecule has 1 saturated heterocycles. The number of benzene rings is 1. The standard InChI is InChI=1S/C18H25N3O4S.ClH/c1-26(24,25)18(8-10-19-11-9-18)17(23)20-13-16(22)21-12-4-6-14-5-2-3-7-15(14)21;/h2-3,5,7,19H,4,6,8-13H2,1H3,(H,20,23);1H. The molecular weight excluding hydrogens is 390 g/mol. The average molecular weight is 416 g/mol. The molecule has 0 radical (unpaired) electrons. The number of para-hydroxylation sites is 1. The highest BCUT2D eigenvalue weighted by atomic mass is 35.5. The molecule has 0 aliphatic carbocycles. The molecule has 9 heteroatoms. The van der Waals surface area contributed by atoms with E-state index in [1.807, 2.05) is 24.3 Å². The lowest BCUT2D eigenvalue weighted by atomic mass is 9.96. The van der Waals surface area contributed by atoms with E-state index >= 15 is 0 Å². The van der Waals surface area contributed by atoms with Crippen molar-refractivity contribution in [3.8, 4) is 0 Å². The second-order valence-corrected chi connectivity index (χ2v) is 9.30. The molecule has 1 aromatic carbocycles. The number of halogens is 1. The Morgan fingerprint density at radius 3 is 2.56 bits per heavy atom. The molecule has 2 amide bonds. The molecule has 3 rings (SSSR count). The quantitative estimate of drug-likeness (QED) is 0.753. The monoisotopic (exact) mass is 415 g/mol. The van der Waals surface area contributed by atoms with Gasteiger partial charge in [-0.15, -0.1) is 12.4 Å². The molecule has 0 saturated carbocycles. The van der Waals surface area contributed by atoms with Gasteiger partial charge in [0.25, 0.3) is 0 Å². The Hall–Kier alpha value is -1.64. The van der Waals surface area contributed by atoms with Crippen LogP contribution in [0.1, 0.15) is 24.8 Å². The van der Waals surface area contributed by atoms with Crippen molar-refractivity contribution in [2.45, 2.75) is 30.4 Å². The Kier molecular flexibility index (Phi) is 6.88. The molecular formula is C18H26ClN3O4S. The fraction of sp³-hybridized carbons (Fsp3) is 0.556. The number of carbonyl (C=O) groups is 2. The van der Waals surface area contributed by atoms with Crippen molar-refractivity contribution in [3.05, 3.63) is 29.8 Å². The summed E-state index contributed by atoms with van der Waals surface area (Å²) in [5.41, 5.74) is 1.99. The van der Waals surface area contributed by atoms with Crippen molar-refractivity contribution < 1.29 is 18.0 Å². The van der Waals surface area contributed by atoms with Gasteiger partial charge in [0.15, 0.2) is 14.6 Å². The second kappa shape index (κ2) is 8.58. The van der Waals surface area contributed by atoms with Gasteiger partial charge in [-0.1, -0.05) is 18.2 Å². The van der Waals surface area contributed by atoms with E-state index in [9.17, 15) is 18.0 Å². The van der Waals surface area contributed by atoms with E-state index in [1.54, 1.807) is 4.90 Å². The van der Waals surface area contributed by atoms with Gasteiger partial charge in [-0.2, -0.15) is 0 Å². The first-order valence-electron chi connectivity index (χ1n) is 8.92. The van der Waals surface area contributed by atoms with Crippen LogP contribution in [-0.2, 0) is 25.8 Å². The summed E-state index contributed by atoms with van der Waals surface area (Å²) in [4.78, 5) is 27.0. The molecule has 2 N–H and O–H groups in total. The van der Waals surface area contributed by atoms with E-state index in [4.69, 9.17) is 0 Å². The zero-order valence-corrected chi connectivity index (χ0v) is 17.0. The first-order chi connectivity index (χ1) is 12.3. The van der Waals surface area contributed by atoms with Crippen LogP contribution in [0, 0.1) is 0 Å². The van der Waals surface area contributed by atoms with E-state index in [2.05, 4.69) is 10.6 Å². The number of nitrogens with one attached hydrogen (secondary N) is 2. The molecule has 2 heterocycles. The number of aryl methyl sites for hydroxylation is 1. The van der Waals surface area contributed by atoms with Gasteiger partial charge in [0.05, 0.1) is 6.54 Å². The molecule has 27 heavy (non-hydrogen) atoms. The smallest absolute Gasteiger partial charge is 0.246 e. The zero-order chi connectivity index (χ0) is 18.8. The molecule has 0 atom stereocenters. The minimum absolute atomic E-state index is 0. The van der Waals surface area contributed by atoms with Crippen molar-refractivity contribution in [2.24, 2.45) is 0 Å². The van der Waals surface area contributed by atoms with Crippen LogP contribution >= 0.6 is 12.4 Å². The van der Waals surface area contributed by atoms with Crippen LogP contribution in [0.5, 0.6) is 0 Å². The Labute approximate surface area is 166 Å². The molecule has 7 nitrogen and oxygen atoms in total. The van der Waals surface area contributed by atoms with Crippen LogP contribution in [-0.4, -0.2) is 57.4 Å². The third kappa shape index (κ3) is 4.28. The highest BCUT2D eigenvalue weighted by Crippen LogP contribution is 2.29. The van der Waals surface area contributed by atoms with E-state index in [0.29, 0.717) is 19.6 Å². The maximum Gasteiger partial charge on any atom is 0.246 e. The highest BCUT2D eigenvalue weighted by Gasteiger charge is 2.48.